The summed E-state index contributed by atoms with van der Waals surface area (Å²) >= 11 is 4.66. The smallest absolute Gasteiger partial charge is 0.266 e. The lowest BCUT2D eigenvalue weighted by Crippen LogP contribution is -2.22. The SMILES string of the molecule is O=C(CSc1nc2ccc(Br)cc2c(=O)n1-c1ccccc1)c1ccc[nH]1. The molecule has 2 aromatic carbocycles. The summed E-state index contributed by atoms with van der Waals surface area (Å²) in [5, 5.41) is 1.01. The summed E-state index contributed by atoms with van der Waals surface area (Å²) in [4.78, 5) is 33.1. The van der Waals surface area contributed by atoms with Gasteiger partial charge in [0, 0.05) is 10.7 Å². The highest BCUT2D eigenvalue weighted by atomic mass is 79.9. The lowest BCUT2D eigenvalue weighted by molar-refractivity contribution is 0.101. The van der Waals surface area contributed by atoms with E-state index < -0.39 is 0 Å². The normalized spacial score (nSPS) is 11.0. The molecule has 2 aromatic heterocycles. The zero-order valence-electron chi connectivity index (χ0n) is 14.1. The average Bonchev–Trinajstić information content (AvgIpc) is 3.22. The first-order chi connectivity index (χ1) is 13.1. The Morgan fingerprint density at radius 2 is 1.93 bits per heavy atom. The molecule has 0 atom stereocenters. The fourth-order valence-electron chi connectivity index (χ4n) is 2.75. The monoisotopic (exact) mass is 439 g/mol. The van der Waals surface area contributed by atoms with Crippen LogP contribution in [0.3, 0.4) is 0 Å². The molecule has 0 fully saturated rings. The van der Waals surface area contributed by atoms with E-state index in [1.54, 1.807) is 35.0 Å². The number of aromatic nitrogens is 3. The minimum atomic E-state index is -0.165. The molecule has 0 radical (unpaired) electrons. The molecular weight excluding hydrogens is 426 g/mol. The van der Waals surface area contributed by atoms with Crippen LogP contribution in [0, 0.1) is 0 Å². The number of hydrogen-bond donors (Lipinski definition) is 1. The first kappa shape index (κ1) is 17.8. The van der Waals surface area contributed by atoms with Gasteiger partial charge in [-0.3, -0.25) is 14.2 Å². The van der Waals surface area contributed by atoms with Gasteiger partial charge in [-0.05, 0) is 42.5 Å². The second-order valence-electron chi connectivity index (χ2n) is 5.83. The Kier molecular flexibility index (Phi) is 4.96. The Labute approximate surface area is 167 Å². The van der Waals surface area contributed by atoms with Crippen molar-refractivity contribution in [2.24, 2.45) is 0 Å². The summed E-state index contributed by atoms with van der Waals surface area (Å²) in [6.07, 6.45) is 1.71. The van der Waals surface area contributed by atoms with Crippen LogP contribution in [0.4, 0.5) is 0 Å². The lowest BCUT2D eigenvalue weighted by Gasteiger charge is -2.13. The summed E-state index contributed by atoms with van der Waals surface area (Å²) in [6.45, 7) is 0. The molecule has 5 nitrogen and oxygen atoms in total. The highest BCUT2D eigenvalue weighted by Gasteiger charge is 2.16. The maximum absolute atomic E-state index is 13.2. The zero-order valence-corrected chi connectivity index (χ0v) is 16.5. The van der Waals surface area contributed by atoms with Crippen LogP contribution in [0.25, 0.3) is 16.6 Å². The van der Waals surface area contributed by atoms with Crippen molar-refractivity contribution < 1.29 is 4.79 Å². The fraction of sp³-hybridized carbons (Fsp3) is 0.0500. The molecule has 7 heteroatoms. The van der Waals surface area contributed by atoms with Crippen molar-refractivity contribution in [3.05, 3.63) is 87.4 Å². The molecule has 0 saturated heterocycles. The average molecular weight is 440 g/mol. The van der Waals surface area contributed by atoms with E-state index in [9.17, 15) is 9.59 Å². The summed E-state index contributed by atoms with van der Waals surface area (Å²) in [7, 11) is 0. The molecule has 1 N–H and O–H groups in total. The number of thioether (sulfide) groups is 1. The number of benzene rings is 2. The van der Waals surface area contributed by atoms with E-state index in [1.807, 2.05) is 36.4 Å². The standard InChI is InChI=1S/C20H14BrN3O2S/c21-13-8-9-16-15(11-13)19(26)24(14-5-2-1-3-6-14)20(23-16)27-12-18(25)17-7-4-10-22-17/h1-11,22H,12H2. The molecule has 0 saturated carbocycles. The van der Waals surface area contributed by atoms with Crippen molar-refractivity contribution in [3.8, 4) is 5.69 Å². The van der Waals surface area contributed by atoms with E-state index in [-0.39, 0.29) is 17.1 Å². The lowest BCUT2D eigenvalue weighted by atomic mass is 10.2. The number of nitrogens with zero attached hydrogens (tertiary/aromatic N) is 2. The minimum absolute atomic E-state index is 0.0465. The number of carbonyl (C=O) groups is 1. The quantitative estimate of drug-likeness (QED) is 0.283. The van der Waals surface area contributed by atoms with Gasteiger partial charge in [0.2, 0.25) is 0 Å². The van der Waals surface area contributed by atoms with Gasteiger partial charge < -0.3 is 4.98 Å². The fourth-order valence-corrected chi connectivity index (χ4v) is 4.01. The second kappa shape index (κ2) is 7.54. The van der Waals surface area contributed by atoms with Crippen LogP contribution in [-0.4, -0.2) is 26.1 Å². The van der Waals surface area contributed by atoms with Crippen LogP contribution in [0.5, 0.6) is 0 Å². The van der Waals surface area contributed by atoms with Crippen molar-refractivity contribution >= 4 is 44.4 Å². The largest absolute Gasteiger partial charge is 0.359 e. The molecule has 4 aromatic rings. The number of para-hydroxylation sites is 1. The Balaban J connectivity index is 1.81. The van der Waals surface area contributed by atoms with Crippen LogP contribution >= 0.6 is 27.7 Å². The summed E-state index contributed by atoms with van der Waals surface area (Å²) in [5.74, 6) is 0.136. The third kappa shape index (κ3) is 3.61. The molecular formula is C20H14BrN3O2S. The van der Waals surface area contributed by atoms with Crippen LogP contribution in [0.2, 0.25) is 0 Å². The zero-order chi connectivity index (χ0) is 18.8. The first-order valence-corrected chi connectivity index (χ1v) is 9.98. The summed E-state index contributed by atoms with van der Waals surface area (Å²) in [5.41, 5.74) is 1.69. The number of rotatable bonds is 5. The number of fused-ring (bicyclic) bond motifs is 1. The molecule has 27 heavy (non-hydrogen) atoms. The van der Waals surface area contributed by atoms with Gasteiger partial charge in [-0.1, -0.05) is 45.9 Å². The molecule has 0 spiro atoms. The van der Waals surface area contributed by atoms with E-state index in [0.717, 1.165) is 4.47 Å². The van der Waals surface area contributed by atoms with Gasteiger partial charge in [0.1, 0.15) is 0 Å². The van der Waals surface area contributed by atoms with Crippen LogP contribution in [0.1, 0.15) is 10.5 Å². The van der Waals surface area contributed by atoms with Gasteiger partial charge in [0.15, 0.2) is 10.9 Å². The molecule has 0 aliphatic carbocycles. The Bertz CT molecular complexity index is 1170. The van der Waals surface area contributed by atoms with Crippen LogP contribution in [-0.2, 0) is 0 Å². The van der Waals surface area contributed by atoms with Gasteiger partial charge in [-0.15, -0.1) is 0 Å². The maximum atomic E-state index is 13.2. The molecule has 0 bridgehead atoms. The number of Topliss-reactive ketones (excluding diaryl/α,β-unsaturated/α-hetero) is 1. The Hall–Kier alpha value is -2.64. The molecule has 2 heterocycles. The number of halogens is 1. The Morgan fingerprint density at radius 1 is 1.11 bits per heavy atom. The predicted octanol–water partition coefficient (Wildman–Crippen LogP) is 4.45. The molecule has 0 amide bonds. The van der Waals surface area contributed by atoms with E-state index >= 15 is 0 Å². The first-order valence-electron chi connectivity index (χ1n) is 8.20. The third-order valence-electron chi connectivity index (χ3n) is 4.04. The Morgan fingerprint density at radius 3 is 2.67 bits per heavy atom. The maximum Gasteiger partial charge on any atom is 0.266 e. The number of nitrogens with one attached hydrogen (secondary N) is 1. The van der Waals surface area contributed by atoms with E-state index in [4.69, 9.17) is 0 Å². The highest BCUT2D eigenvalue weighted by Crippen LogP contribution is 2.23. The number of aromatic amines is 1. The molecule has 134 valence electrons. The van der Waals surface area contributed by atoms with Gasteiger partial charge in [-0.25, -0.2) is 4.98 Å². The molecule has 0 aliphatic rings. The second-order valence-corrected chi connectivity index (χ2v) is 7.69. The van der Waals surface area contributed by atoms with Crippen molar-refractivity contribution in [2.75, 3.05) is 5.75 Å². The topological polar surface area (TPSA) is 67.8 Å². The molecule has 4 rings (SSSR count). The van der Waals surface area contributed by atoms with Crippen LogP contribution < -0.4 is 5.56 Å². The van der Waals surface area contributed by atoms with E-state index in [2.05, 4.69) is 25.9 Å². The van der Waals surface area contributed by atoms with Crippen LogP contribution in [0.15, 0.2) is 81.3 Å². The number of H-pyrrole nitrogens is 1. The van der Waals surface area contributed by atoms with Gasteiger partial charge in [-0.2, -0.15) is 0 Å². The molecule has 0 aliphatic heterocycles. The van der Waals surface area contributed by atoms with Crippen molar-refractivity contribution in [2.45, 2.75) is 5.16 Å². The minimum Gasteiger partial charge on any atom is -0.359 e. The van der Waals surface area contributed by atoms with Gasteiger partial charge >= 0.3 is 0 Å². The van der Waals surface area contributed by atoms with E-state index in [0.29, 0.717) is 27.4 Å². The number of ketones is 1. The summed E-state index contributed by atoms with van der Waals surface area (Å²) < 4.78 is 2.37. The van der Waals surface area contributed by atoms with E-state index in [1.165, 1.54) is 11.8 Å². The number of carbonyl (C=O) groups excluding carboxylic acids is 1. The molecule has 0 unspecified atom stereocenters. The van der Waals surface area contributed by atoms with Crippen molar-refractivity contribution in [1.82, 2.24) is 14.5 Å². The van der Waals surface area contributed by atoms with Gasteiger partial charge in [0.05, 0.1) is 28.0 Å². The van der Waals surface area contributed by atoms with Crippen molar-refractivity contribution in [3.63, 3.8) is 0 Å². The predicted molar refractivity (Wildman–Crippen MR) is 111 cm³/mol. The highest BCUT2D eigenvalue weighted by molar-refractivity contribution is 9.10. The summed E-state index contributed by atoms with van der Waals surface area (Å²) in [6, 6.07) is 18.3. The van der Waals surface area contributed by atoms with Crippen molar-refractivity contribution in [1.29, 1.82) is 0 Å². The van der Waals surface area contributed by atoms with Gasteiger partial charge in [0.25, 0.3) is 5.56 Å². The number of hydrogen-bond acceptors (Lipinski definition) is 4. The third-order valence-corrected chi connectivity index (χ3v) is 5.48.